The van der Waals surface area contributed by atoms with Gasteiger partial charge in [-0.15, -0.1) is 0 Å². The second kappa shape index (κ2) is 5.61. The SMILES string of the molecule is CN(CCc1ccccc1F)c1ncc(C#N)s1. The Balaban J connectivity index is 1.98. The van der Waals surface area contributed by atoms with Crippen LogP contribution in [-0.2, 0) is 6.42 Å². The largest absolute Gasteiger partial charge is 0.351 e. The van der Waals surface area contributed by atoms with Crippen LogP contribution in [0.4, 0.5) is 9.52 Å². The molecule has 0 unspecified atom stereocenters. The first-order valence-electron chi connectivity index (χ1n) is 5.51. The molecule has 0 amide bonds. The van der Waals surface area contributed by atoms with E-state index in [1.807, 2.05) is 18.0 Å². The number of thiazole rings is 1. The summed E-state index contributed by atoms with van der Waals surface area (Å²) in [5.41, 5.74) is 0.696. The van der Waals surface area contributed by atoms with Crippen molar-refractivity contribution in [2.45, 2.75) is 6.42 Å². The van der Waals surface area contributed by atoms with Crippen LogP contribution in [0.5, 0.6) is 0 Å². The molecular weight excluding hydrogens is 249 g/mol. The zero-order chi connectivity index (χ0) is 13.0. The number of halogens is 1. The number of nitrogens with zero attached hydrogens (tertiary/aromatic N) is 3. The molecule has 0 saturated heterocycles. The Bertz CT molecular complexity index is 574. The van der Waals surface area contributed by atoms with E-state index in [-0.39, 0.29) is 5.82 Å². The molecule has 2 rings (SSSR count). The standard InChI is InChI=1S/C13H12FN3S/c1-17(13-16-9-11(8-15)18-13)7-6-10-4-2-3-5-12(10)14/h2-5,9H,6-7H2,1H3. The Kier molecular flexibility index (Phi) is 3.90. The lowest BCUT2D eigenvalue weighted by atomic mass is 10.1. The summed E-state index contributed by atoms with van der Waals surface area (Å²) in [6.45, 7) is 0.666. The molecular formula is C13H12FN3S. The van der Waals surface area contributed by atoms with Crippen molar-refractivity contribution in [2.24, 2.45) is 0 Å². The monoisotopic (exact) mass is 261 g/mol. The Morgan fingerprint density at radius 3 is 2.89 bits per heavy atom. The number of hydrogen-bond donors (Lipinski definition) is 0. The third-order valence-electron chi connectivity index (χ3n) is 2.60. The van der Waals surface area contributed by atoms with Gasteiger partial charge in [-0.1, -0.05) is 29.5 Å². The van der Waals surface area contributed by atoms with E-state index in [2.05, 4.69) is 11.1 Å². The lowest BCUT2D eigenvalue weighted by molar-refractivity contribution is 0.608. The molecule has 0 atom stereocenters. The summed E-state index contributed by atoms with van der Waals surface area (Å²) < 4.78 is 13.4. The Morgan fingerprint density at radius 2 is 2.22 bits per heavy atom. The molecule has 3 nitrogen and oxygen atoms in total. The molecule has 0 bridgehead atoms. The van der Waals surface area contributed by atoms with Crippen molar-refractivity contribution >= 4 is 16.5 Å². The molecule has 18 heavy (non-hydrogen) atoms. The summed E-state index contributed by atoms with van der Waals surface area (Å²) >= 11 is 1.34. The number of aromatic nitrogens is 1. The first-order chi connectivity index (χ1) is 8.70. The second-order valence-corrected chi connectivity index (χ2v) is 4.89. The molecule has 1 aromatic carbocycles. The fourth-order valence-electron chi connectivity index (χ4n) is 1.58. The molecule has 92 valence electrons. The van der Waals surface area contributed by atoms with Crippen molar-refractivity contribution in [1.82, 2.24) is 4.98 Å². The number of anilines is 1. The molecule has 1 aromatic heterocycles. The predicted octanol–water partition coefficient (Wildman–Crippen LogP) is 2.83. The first-order valence-corrected chi connectivity index (χ1v) is 6.33. The van der Waals surface area contributed by atoms with Gasteiger partial charge < -0.3 is 4.90 Å². The van der Waals surface area contributed by atoms with Crippen molar-refractivity contribution in [3.05, 3.63) is 46.7 Å². The Hall–Kier alpha value is -1.93. The highest BCUT2D eigenvalue weighted by Crippen LogP contribution is 2.20. The summed E-state index contributed by atoms with van der Waals surface area (Å²) in [4.78, 5) is 6.66. The zero-order valence-electron chi connectivity index (χ0n) is 9.93. The summed E-state index contributed by atoms with van der Waals surface area (Å²) in [6.07, 6.45) is 2.17. The van der Waals surface area contributed by atoms with Gasteiger partial charge in [-0.05, 0) is 18.1 Å². The van der Waals surface area contributed by atoms with Crippen molar-refractivity contribution in [2.75, 3.05) is 18.5 Å². The normalized spacial score (nSPS) is 10.1. The van der Waals surface area contributed by atoms with Crippen LogP contribution in [-0.4, -0.2) is 18.6 Å². The maximum Gasteiger partial charge on any atom is 0.186 e. The zero-order valence-corrected chi connectivity index (χ0v) is 10.7. The molecule has 5 heteroatoms. The highest BCUT2D eigenvalue weighted by Gasteiger charge is 2.08. The number of hydrogen-bond acceptors (Lipinski definition) is 4. The summed E-state index contributed by atoms with van der Waals surface area (Å²) in [5, 5.41) is 9.51. The molecule has 0 aliphatic rings. The smallest absolute Gasteiger partial charge is 0.186 e. The quantitative estimate of drug-likeness (QED) is 0.849. The number of nitriles is 1. The van der Waals surface area contributed by atoms with Crippen molar-refractivity contribution in [3.8, 4) is 6.07 Å². The third-order valence-corrected chi connectivity index (χ3v) is 3.62. The Labute approximate surface area is 109 Å². The maximum atomic E-state index is 13.4. The van der Waals surface area contributed by atoms with Gasteiger partial charge in [0.15, 0.2) is 5.13 Å². The average molecular weight is 261 g/mol. The molecule has 0 saturated carbocycles. The lowest BCUT2D eigenvalue weighted by Crippen LogP contribution is -2.20. The van der Waals surface area contributed by atoms with Crippen LogP contribution in [0, 0.1) is 17.1 Å². The van der Waals surface area contributed by atoms with E-state index in [1.54, 1.807) is 18.3 Å². The van der Waals surface area contributed by atoms with Crippen LogP contribution in [0.15, 0.2) is 30.5 Å². The van der Waals surface area contributed by atoms with Gasteiger partial charge in [0.2, 0.25) is 0 Å². The lowest BCUT2D eigenvalue weighted by Gasteiger charge is -2.15. The first kappa shape index (κ1) is 12.5. The molecule has 2 aromatic rings. The van der Waals surface area contributed by atoms with Crippen molar-refractivity contribution in [3.63, 3.8) is 0 Å². The third kappa shape index (κ3) is 2.84. The molecule has 1 heterocycles. The average Bonchev–Trinajstić information content (AvgIpc) is 2.86. The fourth-order valence-corrected chi connectivity index (χ4v) is 2.28. The Morgan fingerprint density at radius 1 is 1.44 bits per heavy atom. The van der Waals surface area contributed by atoms with Gasteiger partial charge in [0, 0.05) is 13.6 Å². The molecule has 0 aliphatic heterocycles. The second-order valence-electron chi connectivity index (χ2n) is 3.88. The highest BCUT2D eigenvalue weighted by molar-refractivity contribution is 7.16. The molecule has 0 N–H and O–H groups in total. The number of benzene rings is 1. The minimum absolute atomic E-state index is 0.178. The molecule has 0 radical (unpaired) electrons. The number of rotatable bonds is 4. The van der Waals surface area contributed by atoms with Crippen LogP contribution >= 0.6 is 11.3 Å². The van der Waals surface area contributed by atoms with Crippen LogP contribution in [0.25, 0.3) is 0 Å². The van der Waals surface area contributed by atoms with E-state index in [0.717, 1.165) is 5.13 Å². The van der Waals surface area contributed by atoms with Gasteiger partial charge in [-0.3, -0.25) is 0 Å². The summed E-state index contributed by atoms with van der Waals surface area (Å²) in [7, 11) is 1.89. The van der Waals surface area contributed by atoms with Gasteiger partial charge in [0.25, 0.3) is 0 Å². The van der Waals surface area contributed by atoms with Crippen LogP contribution in [0.2, 0.25) is 0 Å². The highest BCUT2D eigenvalue weighted by atomic mass is 32.1. The fraction of sp³-hybridized carbons (Fsp3) is 0.231. The minimum atomic E-state index is -0.178. The topological polar surface area (TPSA) is 39.9 Å². The van der Waals surface area contributed by atoms with E-state index in [0.29, 0.717) is 23.4 Å². The van der Waals surface area contributed by atoms with Crippen LogP contribution in [0.3, 0.4) is 0 Å². The van der Waals surface area contributed by atoms with E-state index in [1.165, 1.54) is 17.4 Å². The van der Waals surface area contributed by atoms with Gasteiger partial charge in [-0.25, -0.2) is 9.37 Å². The molecule has 0 aliphatic carbocycles. The van der Waals surface area contributed by atoms with Gasteiger partial charge >= 0.3 is 0 Å². The van der Waals surface area contributed by atoms with E-state index >= 15 is 0 Å². The predicted molar refractivity (Wildman–Crippen MR) is 70.2 cm³/mol. The van der Waals surface area contributed by atoms with Crippen molar-refractivity contribution in [1.29, 1.82) is 5.26 Å². The maximum absolute atomic E-state index is 13.4. The van der Waals surface area contributed by atoms with Crippen LogP contribution < -0.4 is 4.90 Å². The summed E-state index contributed by atoms with van der Waals surface area (Å²) in [5.74, 6) is -0.178. The van der Waals surface area contributed by atoms with Crippen LogP contribution in [0.1, 0.15) is 10.4 Å². The molecule has 0 spiro atoms. The minimum Gasteiger partial charge on any atom is -0.351 e. The van der Waals surface area contributed by atoms with Gasteiger partial charge in [0.1, 0.15) is 16.8 Å². The van der Waals surface area contributed by atoms with Gasteiger partial charge in [-0.2, -0.15) is 5.26 Å². The summed E-state index contributed by atoms with van der Waals surface area (Å²) in [6, 6.07) is 8.81. The van der Waals surface area contributed by atoms with E-state index in [4.69, 9.17) is 5.26 Å². The van der Waals surface area contributed by atoms with E-state index in [9.17, 15) is 4.39 Å². The van der Waals surface area contributed by atoms with Crippen molar-refractivity contribution < 1.29 is 4.39 Å². The molecule has 0 fully saturated rings. The van der Waals surface area contributed by atoms with Gasteiger partial charge in [0.05, 0.1) is 6.20 Å². The number of likely N-dealkylation sites (N-methyl/N-ethyl adjacent to an activating group) is 1. The van der Waals surface area contributed by atoms with E-state index < -0.39 is 0 Å².